The number of fused-ring (bicyclic) bond motifs is 1. The van der Waals surface area contributed by atoms with E-state index in [1.807, 2.05) is 0 Å². The second kappa shape index (κ2) is 7.67. The molecule has 2 N–H and O–H groups in total. The third kappa shape index (κ3) is 4.37. The van der Waals surface area contributed by atoms with E-state index in [9.17, 15) is 18.0 Å². The van der Waals surface area contributed by atoms with Crippen LogP contribution in [0, 0.1) is 0 Å². The molecule has 7 nitrogen and oxygen atoms in total. The van der Waals surface area contributed by atoms with Crippen LogP contribution < -0.4 is 10.0 Å². The van der Waals surface area contributed by atoms with Crippen LogP contribution in [0.25, 0.3) is 0 Å². The zero-order valence-electron chi connectivity index (χ0n) is 13.0. The number of carbonyl (C=O) groups is 2. The summed E-state index contributed by atoms with van der Waals surface area (Å²) in [5.41, 5.74) is 0.760. The number of hydrogen-bond donors (Lipinski definition) is 2. The highest BCUT2D eigenvalue weighted by Gasteiger charge is 2.34. The summed E-state index contributed by atoms with van der Waals surface area (Å²) < 4.78 is 26.2. The highest BCUT2D eigenvalue weighted by atomic mass is 32.2. The average molecular weight is 339 g/mol. The van der Waals surface area contributed by atoms with Crippen LogP contribution in [0.3, 0.4) is 0 Å². The molecule has 1 aliphatic rings. The summed E-state index contributed by atoms with van der Waals surface area (Å²) in [5, 5.41) is 2.94. The number of sulfonamides is 1. The quantitative estimate of drug-likeness (QED) is 0.495. The van der Waals surface area contributed by atoms with Crippen molar-refractivity contribution in [2.75, 3.05) is 32.4 Å². The molecular formula is C15H21N3O4S. The van der Waals surface area contributed by atoms with E-state index in [1.54, 1.807) is 31.3 Å². The number of amides is 2. The second-order valence-electron chi connectivity index (χ2n) is 5.33. The third-order valence-electron chi connectivity index (χ3n) is 3.60. The van der Waals surface area contributed by atoms with Crippen molar-refractivity contribution in [1.82, 2.24) is 14.9 Å². The van der Waals surface area contributed by atoms with Crippen molar-refractivity contribution in [3.63, 3.8) is 0 Å². The average Bonchev–Trinajstić information content (AvgIpc) is 2.77. The summed E-state index contributed by atoms with van der Waals surface area (Å²) in [4.78, 5) is 25.4. The fraction of sp³-hybridized carbons (Fsp3) is 0.467. The van der Waals surface area contributed by atoms with E-state index < -0.39 is 10.0 Å². The highest BCUT2D eigenvalue weighted by Crippen LogP contribution is 2.22. The topological polar surface area (TPSA) is 95.6 Å². The van der Waals surface area contributed by atoms with Gasteiger partial charge in [0.2, 0.25) is 10.0 Å². The van der Waals surface area contributed by atoms with Gasteiger partial charge in [0, 0.05) is 13.1 Å². The summed E-state index contributed by atoms with van der Waals surface area (Å²) in [6.45, 7) is 1.21. The summed E-state index contributed by atoms with van der Waals surface area (Å²) in [6, 6.07) is 6.62. The molecule has 126 valence electrons. The maximum absolute atomic E-state index is 12.1. The van der Waals surface area contributed by atoms with Gasteiger partial charge < -0.3 is 5.32 Å². The molecule has 0 atom stereocenters. The largest absolute Gasteiger partial charge is 0.320 e. The van der Waals surface area contributed by atoms with Crippen molar-refractivity contribution in [1.29, 1.82) is 0 Å². The Balaban J connectivity index is 1.83. The Hall–Kier alpha value is -1.77. The monoisotopic (exact) mass is 339 g/mol. The summed E-state index contributed by atoms with van der Waals surface area (Å²) in [6.07, 6.45) is 0.918. The summed E-state index contributed by atoms with van der Waals surface area (Å²) >= 11 is 0. The first-order chi connectivity index (χ1) is 11.0. The van der Waals surface area contributed by atoms with Crippen LogP contribution in [0.5, 0.6) is 0 Å². The van der Waals surface area contributed by atoms with Gasteiger partial charge in [0.15, 0.2) is 0 Å². The van der Waals surface area contributed by atoms with Crippen molar-refractivity contribution in [3.8, 4) is 0 Å². The van der Waals surface area contributed by atoms with E-state index >= 15 is 0 Å². The molecule has 23 heavy (non-hydrogen) atoms. The van der Waals surface area contributed by atoms with Crippen LogP contribution in [0.2, 0.25) is 0 Å². The van der Waals surface area contributed by atoms with Gasteiger partial charge in [-0.3, -0.25) is 14.5 Å². The van der Waals surface area contributed by atoms with E-state index in [-0.39, 0.29) is 30.5 Å². The van der Waals surface area contributed by atoms with Gasteiger partial charge in [-0.15, -0.1) is 0 Å². The predicted molar refractivity (Wildman–Crippen MR) is 86.8 cm³/mol. The SMILES string of the molecule is CNCCCNS(=O)(=O)CCCN1C(=O)c2ccccc2C1=O. The Kier molecular flexibility index (Phi) is 5.86. The molecule has 8 heteroatoms. The Morgan fingerprint density at radius 2 is 1.61 bits per heavy atom. The Bertz CT molecular complexity index is 653. The van der Waals surface area contributed by atoms with Crippen LogP contribution in [0.15, 0.2) is 24.3 Å². The van der Waals surface area contributed by atoms with Gasteiger partial charge >= 0.3 is 0 Å². The molecule has 0 aromatic heterocycles. The minimum atomic E-state index is -3.38. The van der Waals surface area contributed by atoms with Crippen LogP contribution >= 0.6 is 0 Å². The molecule has 0 saturated heterocycles. The van der Waals surface area contributed by atoms with Crippen LogP contribution in [0.4, 0.5) is 0 Å². The molecule has 0 spiro atoms. The molecule has 0 aliphatic carbocycles. The Morgan fingerprint density at radius 1 is 1.00 bits per heavy atom. The fourth-order valence-electron chi connectivity index (χ4n) is 2.42. The van der Waals surface area contributed by atoms with Crippen molar-refractivity contribution in [2.24, 2.45) is 0 Å². The van der Waals surface area contributed by atoms with E-state index in [4.69, 9.17) is 0 Å². The summed E-state index contributed by atoms with van der Waals surface area (Å²) in [5.74, 6) is -0.824. The number of nitrogens with one attached hydrogen (secondary N) is 2. The van der Waals surface area contributed by atoms with Gasteiger partial charge in [-0.25, -0.2) is 13.1 Å². The molecule has 1 aromatic rings. The first-order valence-corrected chi connectivity index (χ1v) is 9.18. The smallest absolute Gasteiger partial charge is 0.261 e. The molecule has 1 aliphatic heterocycles. The Labute approximate surface area is 136 Å². The number of imide groups is 1. The number of nitrogens with zero attached hydrogens (tertiary/aromatic N) is 1. The number of rotatable bonds is 9. The van der Waals surface area contributed by atoms with Crippen LogP contribution in [-0.2, 0) is 10.0 Å². The molecule has 0 fully saturated rings. The van der Waals surface area contributed by atoms with Crippen LogP contribution in [0.1, 0.15) is 33.6 Å². The van der Waals surface area contributed by atoms with Crippen molar-refractivity contribution in [3.05, 3.63) is 35.4 Å². The molecule has 0 bridgehead atoms. The van der Waals surface area contributed by atoms with Gasteiger partial charge in [0.1, 0.15) is 0 Å². The lowest BCUT2D eigenvalue weighted by molar-refractivity contribution is 0.0654. The number of benzene rings is 1. The van der Waals surface area contributed by atoms with Gasteiger partial charge in [-0.1, -0.05) is 12.1 Å². The maximum Gasteiger partial charge on any atom is 0.261 e. The minimum absolute atomic E-state index is 0.101. The molecule has 0 radical (unpaired) electrons. The van der Waals surface area contributed by atoms with Gasteiger partial charge in [-0.05, 0) is 38.6 Å². The number of carbonyl (C=O) groups excluding carboxylic acids is 2. The van der Waals surface area contributed by atoms with Crippen molar-refractivity contribution < 1.29 is 18.0 Å². The van der Waals surface area contributed by atoms with E-state index in [0.717, 1.165) is 11.4 Å². The second-order valence-corrected chi connectivity index (χ2v) is 7.26. The predicted octanol–water partition coefficient (Wildman–Crippen LogP) is 0.202. The summed E-state index contributed by atoms with van der Waals surface area (Å²) in [7, 11) is -1.58. The molecule has 1 aromatic carbocycles. The molecular weight excluding hydrogens is 318 g/mol. The zero-order valence-corrected chi connectivity index (χ0v) is 13.9. The Morgan fingerprint density at radius 3 is 2.17 bits per heavy atom. The third-order valence-corrected chi connectivity index (χ3v) is 5.07. The first-order valence-electron chi connectivity index (χ1n) is 7.53. The molecule has 2 rings (SSSR count). The highest BCUT2D eigenvalue weighted by molar-refractivity contribution is 7.89. The molecule has 0 unspecified atom stereocenters. The number of hydrogen-bond acceptors (Lipinski definition) is 5. The van der Waals surface area contributed by atoms with Crippen molar-refractivity contribution >= 4 is 21.8 Å². The minimum Gasteiger partial charge on any atom is -0.320 e. The maximum atomic E-state index is 12.1. The normalized spacial score (nSPS) is 14.4. The molecule has 2 amide bonds. The van der Waals surface area contributed by atoms with Gasteiger partial charge in [0.25, 0.3) is 11.8 Å². The molecule has 1 heterocycles. The fourth-order valence-corrected chi connectivity index (χ4v) is 3.53. The lowest BCUT2D eigenvalue weighted by Crippen LogP contribution is -2.34. The lowest BCUT2D eigenvalue weighted by atomic mass is 10.1. The first kappa shape index (κ1) is 17.6. The van der Waals surface area contributed by atoms with E-state index in [0.29, 0.717) is 24.1 Å². The molecule has 0 saturated carbocycles. The van der Waals surface area contributed by atoms with Crippen molar-refractivity contribution in [2.45, 2.75) is 12.8 Å². The van der Waals surface area contributed by atoms with Gasteiger partial charge in [-0.2, -0.15) is 0 Å². The van der Waals surface area contributed by atoms with E-state index in [1.165, 1.54) is 0 Å². The standard InChI is InChI=1S/C15H21N3O4S/c1-16-8-4-9-17-23(21,22)11-5-10-18-14(19)12-6-2-3-7-13(12)15(18)20/h2-3,6-7,16-17H,4-5,8-11H2,1H3. The van der Waals surface area contributed by atoms with E-state index in [2.05, 4.69) is 10.0 Å². The lowest BCUT2D eigenvalue weighted by Gasteiger charge is -2.13. The zero-order chi connectivity index (χ0) is 16.9. The van der Waals surface area contributed by atoms with Gasteiger partial charge in [0.05, 0.1) is 16.9 Å². The van der Waals surface area contributed by atoms with Crippen LogP contribution in [-0.4, -0.2) is 57.6 Å².